The fraction of sp³-hybridized carbons (Fsp3) is 0.455. The average Bonchev–Trinajstić information content (AvgIpc) is 2.27. The molecule has 0 saturated heterocycles. The molecule has 8 heteroatoms. The zero-order chi connectivity index (χ0) is 14.6. The summed E-state index contributed by atoms with van der Waals surface area (Å²) in [4.78, 5) is 13.8. The van der Waals surface area contributed by atoms with Crippen LogP contribution >= 0.6 is 0 Å². The van der Waals surface area contributed by atoms with Gasteiger partial charge in [-0.25, -0.2) is 12.8 Å². The minimum atomic E-state index is -3.95. The van der Waals surface area contributed by atoms with Crippen LogP contribution < -0.4 is 0 Å². The normalized spacial score (nSPS) is 12.1. The lowest BCUT2D eigenvalue weighted by molar-refractivity contribution is -0.137. The van der Waals surface area contributed by atoms with E-state index in [1.54, 1.807) is 13.8 Å². The van der Waals surface area contributed by atoms with Gasteiger partial charge < -0.3 is 5.11 Å². The molecule has 0 aliphatic rings. The molecule has 0 fully saturated rings. The molecule has 0 aliphatic heterocycles. The van der Waals surface area contributed by atoms with Crippen molar-refractivity contribution >= 4 is 16.0 Å². The van der Waals surface area contributed by atoms with Gasteiger partial charge in [0.15, 0.2) is 0 Å². The smallest absolute Gasteiger partial charge is 0.304 e. The second kappa shape index (κ2) is 6.07. The molecule has 1 rings (SSSR count). The van der Waals surface area contributed by atoms with Crippen molar-refractivity contribution in [2.24, 2.45) is 0 Å². The highest BCUT2D eigenvalue weighted by Gasteiger charge is 2.28. The number of pyridine rings is 1. The summed E-state index contributed by atoms with van der Waals surface area (Å²) < 4.78 is 38.6. The molecule has 0 atom stereocenters. The number of carboxylic acids is 1. The Kier molecular flexibility index (Phi) is 4.96. The molecular formula is C11H15FN2O4S. The fourth-order valence-electron chi connectivity index (χ4n) is 1.53. The van der Waals surface area contributed by atoms with Gasteiger partial charge in [-0.3, -0.25) is 9.78 Å². The Labute approximate surface area is 110 Å². The zero-order valence-corrected chi connectivity index (χ0v) is 11.4. The Bertz CT molecular complexity index is 560. The highest BCUT2D eigenvalue weighted by Crippen LogP contribution is 2.18. The highest BCUT2D eigenvalue weighted by atomic mass is 32.2. The molecule has 1 aromatic rings. The molecule has 0 saturated carbocycles. The molecule has 0 amide bonds. The molecule has 1 heterocycles. The van der Waals surface area contributed by atoms with Crippen LogP contribution in [0.25, 0.3) is 0 Å². The molecule has 0 aliphatic carbocycles. The molecule has 0 unspecified atom stereocenters. The molecule has 19 heavy (non-hydrogen) atoms. The van der Waals surface area contributed by atoms with E-state index in [0.29, 0.717) is 0 Å². The van der Waals surface area contributed by atoms with Gasteiger partial charge in [0.2, 0.25) is 10.0 Å². The number of rotatable bonds is 6. The third kappa shape index (κ3) is 3.97. The van der Waals surface area contributed by atoms with E-state index in [2.05, 4.69) is 4.98 Å². The summed E-state index contributed by atoms with van der Waals surface area (Å²) in [6.07, 6.45) is 1.62. The second-order valence-corrected chi connectivity index (χ2v) is 6.08. The number of nitrogens with zero attached hydrogens (tertiary/aromatic N) is 2. The lowest BCUT2D eigenvalue weighted by Crippen LogP contribution is -2.38. The Hall–Kier alpha value is -1.54. The van der Waals surface area contributed by atoms with Crippen molar-refractivity contribution in [2.75, 3.05) is 6.54 Å². The van der Waals surface area contributed by atoms with Gasteiger partial charge in [0.05, 0.1) is 12.6 Å². The van der Waals surface area contributed by atoms with Gasteiger partial charge in [-0.15, -0.1) is 0 Å². The van der Waals surface area contributed by atoms with Crippen LogP contribution in [-0.2, 0) is 14.8 Å². The summed E-state index contributed by atoms with van der Waals surface area (Å²) in [6.45, 7) is 3.06. The Morgan fingerprint density at radius 2 is 2.11 bits per heavy atom. The van der Waals surface area contributed by atoms with E-state index in [0.717, 1.165) is 22.8 Å². The monoisotopic (exact) mass is 290 g/mol. The molecule has 106 valence electrons. The molecule has 1 aromatic heterocycles. The topological polar surface area (TPSA) is 87.6 Å². The van der Waals surface area contributed by atoms with E-state index in [4.69, 9.17) is 5.11 Å². The standard InChI is InChI=1S/C11H15FN2O4S/c1-8(2)14(4-3-11(15)16)19(17,18)10-5-9(12)6-13-7-10/h5-8H,3-4H2,1-2H3,(H,15,16). The van der Waals surface area contributed by atoms with Crippen molar-refractivity contribution in [1.82, 2.24) is 9.29 Å². The van der Waals surface area contributed by atoms with E-state index in [9.17, 15) is 17.6 Å². The number of aromatic nitrogens is 1. The molecule has 0 radical (unpaired) electrons. The van der Waals surface area contributed by atoms with Gasteiger partial charge >= 0.3 is 5.97 Å². The maximum Gasteiger partial charge on any atom is 0.304 e. The number of carbonyl (C=O) groups is 1. The lowest BCUT2D eigenvalue weighted by atomic mass is 10.3. The van der Waals surface area contributed by atoms with Crippen molar-refractivity contribution in [1.29, 1.82) is 0 Å². The number of carboxylic acid groups (broad SMARTS) is 1. The molecule has 0 bridgehead atoms. The summed E-state index contributed by atoms with van der Waals surface area (Å²) >= 11 is 0. The van der Waals surface area contributed by atoms with E-state index >= 15 is 0 Å². The number of halogens is 1. The molecule has 0 spiro atoms. The second-order valence-electron chi connectivity index (χ2n) is 4.19. The van der Waals surface area contributed by atoms with Gasteiger partial charge in [-0.2, -0.15) is 4.31 Å². The molecule has 1 N–H and O–H groups in total. The maximum absolute atomic E-state index is 13.0. The SMILES string of the molecule is CC(C)N(CCC(=O)O)S(=O)(=O)c1cncc(F)c1. The zero-order valence-electron chi connectivity index (χ0n) is 10.6. The van der Waals surface area contributed by atoms with Crippen LogP contribution in [-0.4, -0.2) is 41.4 Å². The number of aliphatic carboxylic acids is 1. The predicted octanol–water partition coefficient (Wildman–Crippen LogP) is 1.09. The predicted molar refractivity (Wildman–Crippen MR) is 65.5 cm³/mol. The van der Waals surface area contributed by atoms with Crippen molar-refractivity contribution in [2.45, 2.75) is 31.2 Å². The van der Waals surface area contributed by atoms with E-state index in [1.807, 2.05) is 0 Å². The first-order valence-corrected chi connectivity index (χ1v) is 7.03. The first-order chi connectivity index (χ1) is 8.75. The van der Waals surface area contributed by atoms with Gasteiger partial charge in [0, 0.05) is 18.8 Å². The Morgan fingerprint density at radius 1 is 1.47 bits per heavy atom. The van der Waals surface area contributed by atoms with Crippen LogP contribution in [0.2, 0.25) is 0 Å². The lowest BCUT2D eigenvalue weighted by Gasteiger charge is -2.25. The average molecular weight is 290 g/mol. The first kappa shape index (κ1) is 15.5. The van der Waals surface area contributed by atoms with Gasteiger partial charge in [0.25, 0.3) is 0 Å². The van der Waals surface area contributed by atoms with Crippen molar-refractivity contribution in [3.05, 3.63) is 24.3 Å². The maximum atomic E-state index is 13.0. The summed E-state index contributed by atoms with van der Waals surface area (Å²) in [5.74, 6) is -1.86. The van der Waals surface area contributed by atoms with Crippen molar-refractivity contribution < 1.29 is 22.7 Å². The van der Waals surface area contributed by atoms with Gasteiger partial charge in [0.1, 0.15) is 10.7 Å². The Morgan fingerprint density at radius 3 is 2.58 bits per heavy atom. The van der Waals surface area contributed by atoms with Crippen LogP contribution in [0.15, 0.2) is 23.4 Å². The Balaban J connectivity index is 3.09. The number of hydrogen-bond acceptors (Lipinski definition) is 4. The van der Waals surface area contributed by atoms with E-state index in [-0.39, 0.29) is 17.9 Å². The van der Waals surface area contributed by atoms with Crippen molar-refractivity contribution in [3.63, 3.8) is 0 Å². The fourth-order valence-corrected chi connectivity index (χ4v) is 3.14. The largest absolute Gasteiger partial charge is 0.481 e. The summed E-state index contributed by atoms with van der Waals surface area (Å²) in [5.41, 5.74) is 0. The van der Waals surface area contributed by atoms with Crippen LogP contribution in [0.3, 0.4) is 0 Å². The van der Waals surface area contributed by atoms with E-state index < -0.39 is 27.9 Å². The quantitative estimate of drug-likeness (QED) is 0.847. The summed E-state index contributed by atoms with van der Waals surface area (Å²) in [7, 11) is -3.95. The minimum Gasteiger partial charge on any atom is -0.481 e. The summed E-state index contributed by atoms with van der Waals surface area (Å²) in [5, 5.41) is 8.63. The molecule has 0 aromatic carbocycles. The third-order valence-electron chi connectivity index (χ3n) is 2.41. The first-order valence-electron chi connectivity index (χ1n) is 5.59. The van der Waals surface area contributed by atoms with E-state index in [1.165, 1.54) is 0 Å². The minimum absolute atomic E-state index is 0.175. The summed E-state index contributed by atoms with van der Waals surface area (Å²) in [6, 6.07) is 0.422. The van der Waals surface area contributed by atoms with Crippen molar-refractivity contribution in [3.8, 4) is 0 Å². The molecule has 6 nitrogen and oxygen atoms in total. The van der Waals surface area contributed by atoms with Crippen LogP contribution in [0.4, 0.5) is 4.39 Å². The highest BCUT2D eigenvalue weighted by molar-refractivity contribution is 7.89. The molecular weight excluding hydrogens is 275 g/mol. The van der Waals surface area contributed by atoms with Crippen LogP contribution in [0, 0.1) is 5.82 Å². The van der Waals surface area contributed by atoms with Gasteiger partial charge in [-0.05, 0) is 19.9 Å². The van der Waals surface area contributed by atoms with Gasteiger partial charge in [-0.1, -0.05) is 0 Å². The number of sulfonamides is 1. The number of hydrogen-bond donors (Lipinski definition) is 1. The van der Waals surface area contributed by atoms with Crippen LogP contribution in [0.5, 0.6) is 0 Å². The third-order valence-corrected chi connectivity index (χ3v) is 4.45. The van der Waals surface area contributed by atoms with Crippen LogP contribution in [0.1, 0.15) is 20.3 Å².